The predicted octanol–water partition coefficient (Wildman–Crippen LogP) is 3.44. The molecule has 5 rings (SSSR count). The molecule has 0 bridgehead atoms. The Balaban J connectivity index is 1.11. The molecular formula is C22H41FN6S. The van der Waals surface area contributed by atoms with Gasteiger partial charge in [-0.05, 0) is 77.0 Å². The summed E-state index contributed by atoms with van der Waals surface area (Å²) in [5.74, 6) is 1.25. The van der Waals surface area contributed by atoms with Gasteiger partial charge in [-0.3, -0.25) is 5.43 Å². The summed E-state index contributed by atoms with van der Waals surface area (Å²) >= 11 is 2.00. The number of thioether (sulfide) groups is 1. The Kier molecular flexibility index (Phi) is 6.92. The average Bonchev–Trinajstić information content (AvgIpc) is 3.41. The maximum absolute atomic E-state index is 13.6. The van der Waals surface area contributed by atoms with Crippen LogP contribution in [0.4, 0.5) is 4.39 Å². The third-order valence-electron chi connectivity index (χ3n) is 8.42. The van der Waals surface area contributed by atoms with Gasteiger partial charge in [0, 0.05) is 18.1 Å². The van der Waals surface area contributed by atoms with Gasteiger partial charge in [-0.15, -0.1) is 11.8 Å². The van der Waals surface area contributed by atoms with Crippen molar-refractivity contribution in [2.45, 2.75) is 126 Å². The van der Waals surface area contributed by atoms with Gasteiger partial charge in [-0.2, -0.15) is 5.01 Å². The Morgan fingerprint density at radius 1 is 0.867 bits per heavy atom. The van der Waals surface area contributed by atoms with Crippen molar-refractivity contribution in [1.29, 1.82) is 0 Å². The SMILES string of the molecule is CC1NN(C2CCCCC2)C(C)C1CCC1NN2C(NNC2C2CCC(F)CC2)S1. The molecule has 3 saturated heterocycles. The smallest absolute Gasteiger partial charge is 0.136 e. The minimum atomic E-state index is -0.586. The van der Waals surface area contributed by atoms with Crippen molar-refractivity contribution in [3.63, 3.8) is 0 Å². The molecule has 8 heteroatoms. The second kappa shape index (κ2) is 9.49. The number of hydrogen-bond acceptors (Lipinski definition) is 7. The molecule has 4 N–H and O–H groups in total. The molecule has 2 aliphatic carbocycles. The molecule has 0 aromatic rings. The molecule has 5 aliphatic rings. The highest BCUT2D eigenvalue weighted by Crippen LogP contribution is 2.39. The molecule has 0 radical (unpaired) electrons. The molecule has 30 heavy (non-hydrogen) atoms. The molecule has 6 nitrogen and oxygen atoms in total. The van der Waals surface area contributed by atoms with Crippen LogP contribution < -0.4 is 21.7 Å². The van der Waals surface area contributed by atoms with Gasteiger partial charge in [0.2, 0.25) is 0 Å². The molecule has 172 valence electrons. The second-order valence-electron chi connectivity index (χ2n) is 10.4. The van der Waals surface area contributed by atoms with Crippen molar-refractivity contribution in [1.82, 2.24) is 31.7 Å². The van der Waals surface area contributed by atoms with E-state index in [1.807, 2.05) is 11.8 Å². The fraction of sp³-hybridized carbons (Fsp3) is 1.00. The summed E-state index contributed by atoms with van der Waals surface area (Å²) in [4.78, 5) is 0. The van der Waals surface area contributed by atoms with E-state index in [-0.39, 0.29) is 6.17 Å². The van der Waals surface area contributed by atoms with Crippen LogP contribution in [0.3, 0.4) is 0 Å². The molecule has 6 atom stereocenters. The van der Waals surface area contributed by atoms with E-state index in [0.717, 1.165) is 31.7 Å². The maximum Gasteiger partial charge on any atom is 0.136 e. The molecule has 5 fully saturated rings. The summed E-state index contributed by atoms with van der Waals surface area (Å²) in [6.45, 7) is 4.81. The highest BCUT2D eigenvalue weighted by Gasteiger charge is 2.46. The van der Waals surface area contributed by atoms with E-state index in [2.05, 4.69) is 45.6 Å². The molecular weight excluding hydrogens is 399 g/mol. The van der Waals surface area contributed by atoms with Crippen LogP contribution in [0.2, 0.25) is 0 Å². The minimum absolute atomic E-state index is 0.285. The first-order valence-corrected chi connectivity index (χ1v) is 13.4. The van der Waals surface area contributed by atoms with E-state index < -0.39 is 6.17 Å². The Bertz CT molecular complexity index is 570. The monoisotopic (exact) mass is 440 g/mol. The lowest BCUT2D eigenvalue weighted by atomic mass is 9.86. The van der Waals surface area contributed by atoms with E-state index in [4.69, 9.17) is 0 Å². The predicted molar refractivity (Wildman–Crippen MR) is 121 cm³/mol. The van der Waals surface area contributed by atoms with Gasteiger partial charge in [0.1, 0.15) is 11.7 Å². The van der Waals surface area contributed by atoms with Crippen LogP contribution in [0.25, 0.3) is 0 Å². The van der Waals surface area contributed by atoms with Crippen LogP contribution in [0.15, 0.2) is 0 Å². The van der Waals surface area contributed by atoms with Crippen molar-refractivity contribution < 1.29 is 4.39 Å². The topological polar surface area (TPSA) is 54.6 Å². The Hall–Kier alpha value is 0.0400. The van der Waals surface area contributed by atoms with Gasteiger partial charge < -0.3 is 0 Å². The number of nitrogens with one attached hydrogen (secondary N) is 4. The first kappa shape index (κ1) is 21.9. The first-order chi connectivity index (χ1) is 14.6. The molecule has 0 aromatic carbocycles. The van der Waals surface area contributed by atoms with Crippen molar-refractivity contribution in [3.05, 3.63) is 0 Å². The third-order valence-corrected chi connectivity index (χ3v) is 9.70. The van der Waals surface area contributed by atoms with Crippen LogP contribution in [0, 0.1) is 11.8 Å². The fourth-order valence-corrected chi connectivity index (χ4v) is 7.84. The largest absolute Gasteiger partial charge is 0.252 e. The highest BCUT2D eigenvalue weighted by molar-refractivity contribution is 8.00. The molecule has 2 saturated carbocycles. The number of hydrogen-bond donors (Lipinski definition) is 4. The van der Waals surface area contributed by atoms with Crippen LogP contribution in [-0.2, 0) is 0 Å². The van der Waals surface area contributed by atoms with Crippen LogP contribution >= 0.6 is 11.8 Å². The Labute approximate surface area is 185 Å². The van der Waals surface area contributed by atoms with Crippen molar-refractivity contribution in [2.75, 3.05) is 0 Å². The lowest BCUT2D eigenvalue weighted by Gasteiger charge is -2.35. The number of halogens is 1. The van der Waals surface area contributed by atoms with Crippen molar-refractivity contribution in [3.8, 4) is 0 Å². The van der Waals surface area contributed by atoms with Gasteiger partial charge in [0.25, 0.3) is 0 Å². The summed E-state index contributed by atoms with van der Waals surface area (Å²) in [7, 11) is 0. The summed E-state index contributed by atoms with van der Waals surface area (Å²) in [5, 5.41) is 5.46. The number of rotatable bonds is 5. The van der Waals surface area contributed by atoms with E-state index in [1.165, 1.54) is 44.9 Å². The number of nitrogens with zero attached hydrogens (tertiary/aromatic N) is 2. The molecule has 3 aliphatic heterocycles. The standard InChI is InChI=1S/C22H41FN6S/c1-14-19(15(2)28(26-14)18-6-4-3-5-7-18)12-13-20-27-29-21(24-25-22(29)30-20)16-8-10-17(23)11-9-16/h14-22,24-27H,3-13H2,1-2H3. The van der Waals surface area contributed by atoms with Gasteiger partial charge in [-0.1, -0.05) is 19.3 Å². The normalized spacial score (nSPS) is 46.5. The number of alkyl halides is 1. The van der Waals surface area contributed by atoms with E-state index in [0.29, 0.717) is 34.8 Å². The van der Waals surface area contributed by atoms with E-state index in [1.54, 1.807) is 0 Å². The van der Waals surface area contributed by atoms with Crippen LogP contribution in [0.5, 0.6) is 0 Å². The zero-order valence-electron chi connectivity index (χ0n) is 18.7. The second-order valence-corrected chi connectivity index (χ2v) is 11.6. The van der Waals surface area contributed by atoms with Gasteiger partial charge in [-0.25, -0.2) is 25.7 Å². The highest BCUT2D eigenvalue weighted by atomic mass is 32.2. The van der Waals surface area contributed by atoms with Gasteiger partial charge in [0.15, 0.2) is 0 Å². The molecule has 0 amide bonds. The first-order valence-electron chi connectivity index (χ1n) is 12.5. The lowest BCUT2D eigenvalue weighted by Crippen LogP contribution is -2.50. The summed E-state index contributed by atoms with van der Waals surface area (Å²) < 4.78 is 13.6. The molecule has 3 heterocycles. The quantitative estimate of drug-likeness (QED) is 0.522. The van der Waals surface area contributed by atoms with Gasteiger partial charge in [0.05, 0.1) is 11.5 Å². The zero-order valence-corrected chi connectivity index (χ0v) is 19.5. The van der Waals surface area contributed by atoms with E-state index in [9.17, 15) is 4.39 Å². The average molecular weight is 441 g/mol. The number of fused-ring (bicyclic) bond motifs is 1. The molecule has 6 unspecified atom stereocenters. The van der Waals surface area contributed by atoms with Crippen molar-refractivity contribution >= 4 is 11.8 Å². The summed E-state index contributed by atoms with van der Waals surface area (Å²) in [6, 6.07) is 1.93. The summed E-state index contributed by atoms with van der Waals surface area (Å²) in [6.07, 6.45) is 12.5. The Morgan fingerprint density at radius 2 is 1.63 bits per heavy atom. The van der Waals surface area contributed by atoms with Gasteiger partial charge >= 0.3 is 0 Å². The molecule has 0 spiro atoms. The number of hydrazine groups is 3. The molecule has 0 aromatic heterocycles. The van der Waals surface area contributed by atoms with Crippen molar-refractivity contribution in [2.24, 2.45) is 11.8 Å². The fourth-order valence-electron chi connectivity index (χ4n) is 6.62. The van der Waals surface area contributed by atoms with Crippen LogP contribution in [-0.4, -0.2) is 51.4 Å². The minimum Gasteiger partial charge on any atom is -0.252 e. The third kappa shape index (κ3) is 4.43. The zero-order chi connectivity index (χ0) is 20.7. The van der Waals surface area contributed by atoms with Crippen LogP contribution in [0.1, 0.15) is 84.5 Å². The van der Waals surface area contributed by atoms with E-state index >= 15 is 0 Å². The maximum atomic E-state index is 13.6. The Morgan fingerprint density at radius 3 is 2.40 bits per heavy atom. The lowest BCUT2D eigenvalue weighted by molar-refractivity contribution is 0.0741. The summed E-state index contributed by atoms with van der Waals surface area (Å²) in [5.41, 5.74) is 14.8.